The van der Waals surface area contributed by atoms with Crippen LogP contribution in [0, 0.1) is 6.92 Å². The molecule has 3 N–H and O–H groups in total. The zero-order valence-electron chi connectivity index (χ0n) is 10.7. The van der Waals surface area contributed by atoms with Crippen LogP contribution in [0.15, 0.2) is 23.7 Å². The van der Waals surface area contributed by atoms with Gasteiger partial charge < -0.3 is 11.1 Å². The molecule has 0 unspecified atom stereocenters. The minimum Gasteiger partial charge on any atom is -0.382 e. The Bertz CT molecular complexity index is 706. The number of nitrogen functional groups attached to an aromatic ring is 1. The second-order valence-electron chi connectivity index (χ2n) is 4.13. The van der Waals surface area contributed by atoms with Crippen molar-refractivity contribution in [1.29, 1.82) is 0 Å². The molecule has 6 nitrogen and oxygen atoms in total. The first kappa shape index (κ1) is 12.9. The van der Waals surface area contributed by atoms with Gasteiger partial charge in [-0.3, -0.25) is 0 Å². The molecule has 8 heteroatoms. The molecule has 0 aliphatic rings. The number of anilines is 2. The van der Waals surface area contributed by atoms with Crippen LogP contribution in [0.5, 0.6) is 0 Å². The Morgan fingerprint density at radius 2 is 2.30 bits per heavy atom. The number of rotatable bonds is 4. The number of thiazole rings is 1. The second kappa shape index (κ2) is 5.51. The summed E-state index contributed by atoms with van der Waals surface area (Å²) in [5.74, 6) is 0.506. The van der Waals surface area contributed by atoms with Gasteiger partial charge in [-0.1, -0.05) is 0 Å². The van der Waals surface area contributed by atoms with Crippen molar-refractivity contribution in [1.82, 2.24) is 19.6 Å². The maximum Gasteiger partial charge on any atom is 0.149 e. The Hall–Kier alpha value is -2.06. The maximum absolute atomic E-state index is 5.95. The van der Waals surface area contributed by atoms with Crippen molar-refractivity contribution in [2.24, 2.45) is 0 Å². The fourth-order valence-electron chi connectivity index (χ4n) is 1.70. The molecule has 0 aliphatic carbocycles. The van der Waals surface area contributed by atoms with Gasteiger partial charge in [0.25, 0.3) is 0 Å². The predicted octanol–water partition coefficient (Wildman–Crippen LogP) is 2.56. The van der Waals surface area contributed by atoms with Crippen LogP contribution in [0.4, 0.5) is 10.8 Å². The summed E-state index contributed by atoms with van der Waals surface area (Å²) in [4.78, 5) is 4.47. The quantitative estimate of drug-likeness (QED) is 0.770. The summed E-state index contributed by atoms with van der Waals surface area (Å²) in [7, 11) is 0. The molecule has 0 spiro atoms. The minimum absolute atomic E-state index is 0.506. The molecule has 0 saturated heterocycles. The van der Waals surface area contributed by atoms with Gasteiger partial charge in [0.1, 0.15) is 15.8 Å². The van der Waals surface area contributed by atoms with Crippen LogP contribution in [0.3, 0.4) is 0 Å². The topological polar surface area (TPSA) is 89.6 Å². The Labute approximate surface area is 123 Å². The van der Waals surface area contributed by atoms with Crippen molar-refractivity contribution >= 4 is 33.7 Å². The Morgan fingerprint density at radius 1 is 1.40 bits per heavy atom. The fraction of sp³-hybridized carbons (Fsp3) is 0.167. The van der Waals surface area contributed by atoms with Crippen molar-refractivity contribution in [3.63, 3.8) is 0 Å². The summed E-state index contributed by atoms with van der Waals surface area (Å²) < 4.78 is 4.20. The highest BCUT2D eigenvalue weighted by Gasteiger charge is 2.16. The molecule has 0 saturated carbocycles. The van der Waals surface area contributed by atoms with Crippen LogP contribution in [0.25, 0.3) is 10.6 Å². The summed E-state index contributed by atoms with van der Waals surface area (Å²) in [6.07, 6.45) is 1.65. The number of nitrogens with two attached hydrogens (primary N) is 1. The van der Waals surface area contributed by atoms with E-state index in [1.807, 2.05) is 24.4 Å². The van der Waals surface area contributed by atoms with Crippen molar-refractivity contribution < 1.29 is 0 Å². The minimum atomic E-state index is 0.506. The summed E-state index contributed by atoms with van der Waals surface area (Å²) in [5, 5.41) is 15.0. The average Bonchev–Trinajstić information content (AvgIpc) is 3.03. The van der Waals surface area contributed by atoms with E-state index >= 15 is 0 Å². The van der Waals surface area contributed by atoms with E-state index in [-0.39, 0.29) is 0 Å². The lowest BCUT2D eigenvalue weighted by Crippen LogP contribution is -2.02. The molecule has 0 aromatic carbocycles. The number of hydrogen-bond acceptors (Lipinski definition) is 8. The normalized spacial score (nSPS) is 10.7. The molecule has 20 heavy (non-hydrogen) atoms. The molecule has 0 atom stereocenters. The van der Waals surface area contributed by atoms with E-state index in [9.17, 15) is 0 Å². The summed E-state index contributed by atoms with van der Waals surface area (Å²) >= 11 is 2.90. The Balaban J connectivity index is 1.84. The average molecular weight is 304 g/mol. The number of nitrogens with one attached hydrogen (secondary N) is 1. The highest BCUT2D eigenvalue weighted by atomic mass is 32.1. The van der Waals surface area contributed by atoms with Crippen molar-refractivity contribution in [3.8, 4) is 10.6 Å². The van der Waals surface area contributed by atoms with Gasteiger partial charge in [0.05, 0.1) is 17.8 Å². The first-order valence-corrected chi connectivity index (χ1v) is 7.57. The third-order valence-corrected chi connectivity index (χ3v) is 4.41. The summed E-state index contributed by atoms with van der Waals surface area (Å²) in [6.45, 7) is 2.54. The Kier molecular flexibility index (Phi) is 3.57. The second-order valence-corrected chi connectivity index (χ2v) is 5.77. The van der Waals surface area contributed by atoms with Crippen molar-refractivity contribution in [2.75, 3.05) is 11.1 Å². The number of aromatic nitrogens is 4. The molecule has 3 rings (SSSR count). The monoisotopic (exact) mass is 304 g/mol. The standard InChI is InChI=1S/C12H12N6S2/c1-7-6-19-12(16-7)9-10(13)18-20-11(9)14-5-8-3-2-4-15-17-8/h2-4,6,14H,5H2,1H3,(H2,13,18). The summed E-state index contributed by atoms with van der Waals surface area (Å²) in [6, 6.07) is 3.77. The highest BCUT2D eigenvalue weighted by Crippen LogP contribution is 2.38. The van der Waals surface area contributed by atoms with Crippen molar-refractivity contribution in [2.45, 2.75) is 13.5 Å². The first-order valence-electron chi connectivity index (χ1n) is 5.92. The van der Waals surface area contributed by atoms with E-state index in [2.05, 4.69) is 24.9 Å². The lowest BCUT2D eigenvalue weighted by molar-refractivity contribution is 0.927. The number of nitrogens with zero attached hydrogens (tertiary/aromatic N) is 4. The zero-order chi connectivity index (χ0) is 13.9. The molecular weight excluding hydrogens is 292 g/mol. The van der Waals surface area contributed by atoms with Crippen LogP contribution >= 0.6 is 22.9 Å². The van der Waals surface area contributed by atoms with E-state index in [4.69, 9.17) is 5.73 Å². The van der Waals surface area contributed by atoms with Gasteiger partial charge in [-0.15, -0.1) is 11.3 Å². The lowest BCUT2D eigenvalue weighted by atomic mass is 10.3. The van der Waals surface area contributed by atoms with Crippen LogP contribution in [-0.4, -0.2) is 19.6 Å². The van der Waals surface area contributed by atoms with Gasteiger partial charge in [-0.2, -0.15) is 14.6 Å². The van der Waals surface area contributed by atoms with Gasteiger partial charge in [-0.05, 0) is 30.6 Å². The fourth-order valence-corrected chi connectivity index (χ4v) is 3.33. The third-order valence-electron chi connectivity index (χ3n) is 2.61. The number of hydrogen-bond donors (Lipinski definition) is 2. The predicted molar refractivity (Wildman–Crippen MR) is 81.7 cm³/mol. The molecule has 3 heterocycles. The van der Waals surface area contributed by atoms with E-state index in [0.29, 0.717) is 12.4 Å². The first-order chi connectivity index (χ1) is 9.74. The molecule has 0 amide bonds. The third kappa shape index (κ3) is 2.61. The highest BCUT2D eigenvalue weighted by molar-refractivity contribution is 7.15. The van der Waals surface area contributed by atoms with Crippen LogP contribution in [-0.2, 0) is 6.54 Å². The van der Waals surface area contributed by atoms with Gasteiger partial charge >= 0.3 is 0 Å². The maximum atomic E-state index is 5.95. The summed E-state index contributed by atoms with van der Waals surface area (Å²) in [5.41, 5.74) is 8.67. The SMILES string of the molecule is Cc1csc(-c2c(N)nsc2NCc2cccnn2)n1. The molecule has 0 bridgehead atoms. The molecule has 3 aromatic heterocycles. The van der Waals surface area contributed by atoms with Gasteiger partial charge in [0.2, 0.25) is 0 Å². The largest absolute Gasteiger partial charge is 0.382 e. The molecular formula is C12H12N6S2. The molecule has 102 valence electrons. The smallest absolute Gasteiger partial charge is 0.149 e. The lowest BCUT2D eigenvalue weighted by Gasteiger charge is -2.04. The van der Waals surface area contributed by atoms with E-state index in [0.717, 1.165) is 27.0 Å². The van der Waals surface area contributed by atoms with Gasteiger partial charge in [0.15, 0.2) is 0 Å². The van der Waals surface area contributed by atoms with Crippen LogP contribution in [0.2, 0.25) is 0 Å². The zero-order valence-corrected chi connectivity index (χ0v) is 12.3. The Morgan fingerprint density at radius 3 is 3.00 bits per heavy atom. The molecule has 0 aliphatic heterocycles. The van der Waals surface area contributed by atoms with Gasteiger partial charge in [-0.25, -0.2) is 4.98 Å². The van der Waals surface area contributed by atoms with E-state index < -0.39 is 0 Å². The van der Waals surface area contributed by atoms with Gasteiger partial charge in [0, 0.05) is 17.3 Å². The van der Waals surface area contributed by atoms with E-state index in [1.165, 1.54) is 11.5 Å². The van der Waals surface area contributed by atoms with Crippen LogP contribution < -0.4 is 11.1 Å². The molecule has 3 aromatic rings. The van der Waals surface area contributed by atoms with Crippen LogP contribution in [0.1, 0.15) is 11.4 Å². The number of aryl methyl sites for hydroxylation is 1. The van der Waals surface area contributed by atoms with Crippen molar-refractivity contribution in [3.05, 3.63) is 35.1 Å². The van der Waals surface area contributed by atoms with E-state index in [1.54, 1.807) is 17.5 Å². The molecule has 0 fully saturated rings. The molecule has 0 radical (unpaired) electrons.